The van der Waals surface area contributed by atoms with Crippen LogP contribution in [-0.4, -0.2) is 33.9 Å². The Bertz CT molecular complexity index is 526. The molecule has 21 heavy (non-hydrogen) atoms. The third-order valence-electron chi connectivity index (χ3n) is 2.48. The van der Waals surface area contributed by atoms with Gasteiger partial charge in [0.05, 0.1) is 0 Å². The van der Waals surface area contributed by atoms with Crippen molar-refractivity contribution in [1.82, 2.24) is 5.32 Å². The molecule has 2 atom stereocenters. The molecule has 0 unspecified atom stereocenters. The van der Waals surface area contributed by atoms with E-state index in [9.17, 15) is 19.8 Å². The lowest BCUT2D eigenvalue weighted by Crippen LogP contribution is -2.46. The summed E-state index contributed by atoms with van der Waals surface area (Å²) in [5, 5.41) is 21.6. The van der Waals surface area contributed by atoms with E-state index in [2.05, 4.69) is 21.2 Å². The van der Waals surface area contributed by atoms with E-state index >= 15 is 0 Å². The number of carbonyl (C=O) groups is 2. The summed E-state index contributed by atoms with van der Waals surface area (Å²) < 4.78 is 5.55. The fraction of sp³-hybridized carbons (Fsp3) is 0.429. The van der Waals surface area contributed by atoms with E-state index in [-0.39, 0.29) is 0 Å². The van der Waals surface area contributed by atoms with Crippen LogP contribution in [0.15, 0.2) is 28.7 Å². The first-order valence-corrected chi connectivity index (χ1v) is 7.06. The maximum absolute atomic E-state index is 11.7. The number of aliphatic hydroxyl groups is 1. The Labute approximate surface area is 131 Å². The molecule has 0 aliphatic rings. The standard InChI is InChI=1S/C14H18BrNO5/c1-14(2,3)21-13(20)16-10(12(18)19)11(17)8-6-4-5-7-9(8)15/h4-7,10-11,17H,1-3H3,(H,16,20)(H,18,19)/t10-,11-/m1/s1. The Morgan fingerprint density at radius 1 is 1.29 bits per heavy atom. The summed E-state index contributed by atoms with van der Waals surface area (Å²) in [5.74, 6) is -1.36. The van der Waals surface area contributed by atoms with E-state index in [1.165, 1.54) is 0 Å². The molecule has 1 amide bonds. The highest BCUT2D eigenvalue weighted by Crippen LogP contribution is 2.25. The molecule has 0 spiro atoms. The smallest absolute Gasteiger partial charge is 0.408 e. The number of carbonyl (C=O) groups excluding carboxylic acids is 1. The number of aliphatic hydroxyl groups excluding tert-OH is 1. The second-order valence-corrected chi connectivity index (χ2v) is 6.28. The first-order valence-electron chi connectivity index (χ1n) is 6.26. The number of amides is 1. The predicted molar refractivity (Wildman–Crippen MR) is 79.9 cm³/mol. The Morgan fingerprint density at radius 3 is 2.33 bits per heavy atom. The molecule has 0 fully saturated rings. The van der Waals surface area contributed by atoms with Crippen LogP contribution in [-0.2, 0) is 9.53 Å². The van der Waals surface area contributed by atoms with Gasteiger partial charge >= 0.3 is 12.1 Å². The molecular weight excluding hydrogens is 342 g/mol. The number of alkyl carbamates (subject to hydrolysis) is 1. The van der Waals surface area contributed by atoms with Gasteiger partial charge in [-0.15, -0.1) is 0 Å². The van der Waals surface area contributed by atoms with Crippen molar-refractivity contribution in [3.05, 3.63) is 34.3 Å². The number of hydrogen-bond acceptors (Lipinski definition) is 4. The molecule has 3 N–H and O–H groups in total. The predicted octanol–water partition coefficient (Wildman–Crippen LogP) is 2.46. The van der Waals surface area contributed by atoms with Crippen molar-refractivity contribution in [2.75, 3.05) is 0 Å². The number of hydrogen-bond donors (Lipinski definition) is 3. The Kier molecular flexibility index (Phi) is 5.74. The molecule has 1 aromatic rings. The number of carboxylic acids is 1. The molecule has 0 aliphatic carbocycles. The molecule has 6 nitrogen and oxygen atoms in total. The molecule has 0 radical (unpaired) electrons. The largest absolute Gasteiger partial charge is 0.480 e. The lowest BCUT2D eigenvalue weighted by Gasteiger charge is -2.24. The first kappa shape index (κ1) is 17.5. The number of benzene rings is 1. The highest BCUT2D eigenvalue weighted by Gasteiger charge is 2.32. The number of carboxylic acid groups (broad SMARTS) is 1. The lowest BCUT2D eigenvalue weighted by molar-refractivity contribution is -0.142. The lowest BCUT2D eigenvalue weighted by atomic mass is 10.0. The Balaban J connectivity index is 2.90. The van der Waals surface area contributed by atoms with Crippen molar-refractivity contribution in [1.29, 1.82) is 0 Å². The van der Waals surface area contributed by atoms with Gasteiger partial charge in [-0.3, -0.25) is 0 Å². The zero-order chi connectivity index (χ0) is 16.2. The zero-order valence-corrected chi connectivity index (χ0v) is 13.5. The number of ether oxygens (including phenoxy) is 1. The molecule has 0 aliphatic heterocycles. The van der Waals surface area contributed by atoms with E-state index in [4.69, 9.17) is 4.74 Å². The minimum atomic E-state index is -1.52. The highest BCUT2D eigenvalue weighted by molar-refractivity contribution is 9.10. The van der Waals surface area contributed by atoms with E-state index in [1.807, 2.05) is 0 Å². The zero-order valence-electron chi connectivity index (χ0n) is 12.0. The monoisotopic (exact) mass is 359 g/mol. The second kappa shape index (κ2) is 6.91. The third-order valence-corrected chi connectivity index (χ3v) is 3.20. The third kappa shape index (κ3) is 5.35. The van der Waals surface area contributed by atoms with Gasteiger partial charge in [-0.2, -0.15) is 0 Å². The van der Waals surface area contributed by atoms with Crippen LogP contribution in [0, 0.1) is 0 Å². The van der Waals surface area contributed by atoms with Crippen LogP contribution < -0.4 is 5.32 Å². The van der Waals surface area contributed by atoms with Crippen molar-refractivity contribution in [2.45, 2.75) is 38.5 Å². The minimum absolute atomic E-state index is 0.362. The van der Waals surface area contributed by atoms with E-state index < -0.39 is 29.8 Å². The minimum Gasteiger partial charge on any atom is -0.480 e. The summed E-state index contributed by atoms with van der Waals surface area (Å²) in [5.41, 5.74) is -0.397. The summed E-state index contributed by atoms with van der Waals surface area (Å²) >= 11 is 3.23. The molecule has 0 saturated carbocycles. The molecule has 1 aromatic carbocycles. The fourth-order valence-electron chi connectivity index (χ4n) is 1.60. The number of aliphatic carboxylic acids is 1. The van der Waals surface area contributed by atoms with E-state index in [1.54, 1.807) is 45.0 Å². The Hall–Kier alpha value is -1.60. The molecule has 1 rings (SSSR count). The molecule has 0 heterocycles. The highest BCUT2D eigenvalue weighted by atomic mass is 79.9. The van der Waals surface area contributed by atoms with E-state index in [0.29, 0.717) is 10.0 Å². The maximum Gasteiger partial charge on any atom is 0.408 e. The maximum atomic E-state index is 11.7. The fourth-order valence-corrected chi connectivity index (χ4v) is 2.12. The van der Waals surface area contributed by atoms with Crippen molar-refractivity contribution in [2.24, 2.45) is 0 Å². The van der Waals surface area contributed by atoms with Crippen molar-refractivity contribution in [3.63, 3.8) is 0 Å². The normalized spacial score (nSPS) is 14.1. The van der Waals surface area contributed by atoms with Crippen molar-refractivity contribution in [3.8, 4) is 0 Å². The summed E-state index contributed by atoms with van der Waals surface area (Å²) in [6.45, 7) is 4.98. The van der Waals surface area contributed by atoms with Crippen LogP contribution in [0.1, 0.15) is 32.4 Å². The van der Waals surface area contributed by atoms with Gasteiger partial charge < -0.3 is 20.3 Å². The average molecular weight is 360 g/mol. The summed E-state index contributed by atoms with van der Waals surface area (Å²) in [7, 11) is 0. The summed E-state index contributed by atoms with van der Waals surface area (Å²) in [4.78, 5) is 23.0. The summed E-state index contributed by atoms with van der Waals surface area (Å²) in [6, 6.07) is 5.12. The van der Waals surface area contributed by atoms with Crippen LogP contribution in [0.2, 0.25) is 0 Å². The van der Waals surface area contributed by atoms with Crippen LogP contribution >= 0.6 is 15.9 Å². The van der Waals surface area contributed by atoms with Gasteiger partial charge in [-0.1, -0.05) is 34.1 Å². The van der Waals surface area contributed by atoms with Gasteiger partial charge in [0.15, 0.2) is 6.04 Å². The molecular formula is C14H18BrNO5. The molecule has 116 valence electrons. The van der Waals surface area contributed by atoms with E-state index in [0.717, 1.165) is 0 Å². The van der Waals surface area contributed by atoms with Gasteiger partial charge in [0.1, 0.15) is 11.7 Å². The van der Waals surface area contributed by atoms with Gasteiger partial charge in [-0.05, 0) is 32.4 Å². The number of halogens is 1. The molecule has 0 aromatic heterocycles. The first-order chi connectivity index (χ1) is 9.61. The number of nitrogens with one attached hydrogen (secondary N) is 1. The quantitative estimate of drug-likeness (QED) is 0.767. The van der Waals surface area contributed by atoms with Crippen molar-refractivity contribution < 1.29 is 24.5 Å². The SMILES string of the molecule is CC(C)(C)OC(=O)N[C@@H](C(=O)O)[C@H](O)c1ccccc1Br. The topological polar surface area (TPSA) is 95.9 Å². The Morgan fingerprint density at radius 2 is 1.86 bits per heavy atom. The molecule has 0 saturated heterocycles. The number of rotatable bonds is 4. The van der Waals surface area contributed by atoms with Crippen LogP contribution in [0.3, 0.4) is 0 Å². The van der Waals surface area contributed by atoms with Crippen LogP contribution in [0.4, 0.5) is 4.79 Å². The molecule has 7 heteroatoms. The van der Waals surface area contributed by atoms with Crippen LogP contribution in [0.25, 0.3) is 0 Å². The van der Waals surface area contributed by atoms with Gasteiger partial charge in [0.2, 0.25) is 0 Å². The van der Waals surface area contributed by atoms with Gasteiger partial charge in [0, 0.05) is 4.47 Å². The average Bonchev–Trinajstić information content (AvgIpc) is 2.33. The van der Waals surface area contributed by atoms with Gasteiger partial charge in [-0.25, -0.2) is 9.59 Å². The van der Waals surface area contributed by atoms with Crippen molar-refractivity contribution >= 4 is 28.0 Å². The summed E-state index contributed by atoms with van der Waals surface area (Å²) in [6.07, 6.45) is -2.31. The molecule has 0 bridgehead atoms. The van der Waals surface area contributed by atoms with Gasteiger partial charge in [0.25, 0.3) is 0 Å². The van der Waals surface area contributed by atoms with Crippen LogP contribution in [0.5, 0.6) is 0 Å². The second-order valence-electron chi connectivity index (χ2n) is 5.43.